The lowest BCUT2D eigenvalue weighted by molar-refractivity contribution is 0.134. The van der Waals surface area contributed by atoms with Gasteiger partial charge < -0.3 is 20.2 Å². The minimum Gasteiger partial charge on any atom is -0.459 e. The van der Waals surface area contributed by atoms with Gasteiger partial charge in [0.05, 0.1) is 12.1 Å². The highest BCUT2D eigenvalue weighted by molar-refractivity contribution is 5.81. The van der Waals surface area contributed by atoms with Crippen LogP contribution in [0.15, 0.2) is 39.7 Å². The molecule has 1 aliphatic rings. The van der Waals surface area contributed by atoms with Gasteiger partial charge in [0, 0.05) is 24.9 Å². The molecule has 5 nitrogen and oxygen atoms in total. The van der Waals surface area contributed by atoms with Gasteiger partial charge in [0.25, 0.3) is 0 Å². The molecule has 3 unspecified atom stereocenters. The largest absolute Gasteiger partial charge is 0.459 e. The average Bonchev–Trinajstić information content (AvgIpc) is 3.17. The molecule has 1 aromatic heterocycles. The van der Waals surface area contributed by atoms with Crippen LogP contribution in [-0.2, 0) is 0 Å². The number of furan rings is 1. The van der Waals surface area contributed by atoms with Crippen molar-refractivity contribution in [3.63, 3.8) is 0 Å². The number of hydrogen-bond acceptors (Lipinski definition) is 3. The fourth-order valence-corrected chi connectivity index (χ4v) is 3.17. The minimum absolute atomic E-state index is 0.0158. The smallest absolute Gasteiger partial charge is 0.191 e. The van der Waals surface area contributed by atoms with Gasteiger partial charge in [-0.1, -0.05) is 24.6 Å². The lowest BCUT2D eigenvalue weighted by Gasteiger charge is -2.20. The zero-order valence-corrected chi connectivity index (χ0v) is 13.7. The zero-order chi connectivity index (χ0) is 16.2. The molecule has 124 valence electrons. The van der Waals surface area contributed by atoms with Gasteiger partial charge >= 0.3 is 0 Å². The standard InChI is InChI=1S/C18H25N3O2/c1-12(17-10-13-6-3-4-9-16(13)23-17)21-18(19-2)20-11-14-7-5-8-15(14)22/h3-4,6,9-10,12,14-15,22H,5,7-8,11H2,1-2H3,(H2,19,20,21). The topological polar surface area (TPSA) is 69.8 Å². The SMILES string of the molecule is CN=C(NCC1CCCC1O)NC(C)c1cc2ccccc2o1. The molecule has 1 saturated carbocycles. The first-order valence-electron chi connectivity index (χ1n) is 8.31. The van der Waals surface area contributed by atoms with E-state index in [2.05, 4.69) is 28.6 Å². The molecule has 2 aromatic rings. The highest BCUT2D eigenvalue weighted by atomic mass is 16.3. The second kappa shape index (κ2) is 7.04. The fraction of sp³-hybridized carbons (Fsp3) is 0.500. The summed E-state index contributed by atoms with van der Waals surface area (Å²) in [5, 5.41) is 17.7. The monoisotopic (exact) mass is 315 g/mol. The third-order valence-electron chi connectivity index (χ3n) is 4.60. The third-order valence-corrected chi connectivity index (χ3v) is 4.60. The summed E-state index contributed by atoms with van der Waals surface area (Å²) in [5.74, 6) is 1.93. The van der Waals surface area contributed by atoms with Crippen molar-refractivity contribution >= 4 is 16.9 Å². The highest BCUT2D eigenvalue weighted by Gasteiger charge is 2.25. The summed E-state index contributed by atoms with van der Waals surface area (Å²) in [7, 11) is 1.76. The van der Waals surface area contributed by atoms with Gasteiger partial charge in [-0.05, 0) is 31.9 Å². The van der Waals surface area contributed by atoms with E-state index in [0.717, 1.165) is 48.5 Å². The van der Waals surface area contributed by atoms with Crippen molar-refractivity contribution in [2.45, 2.75) is 38.3 Å². The predicted molar refractivity (Wildman–Crippen MR) is 92.5 cm³/mol. The zero-order valence-electron chi connectivity index (χ0n) is 13.7. The molecular weight excluding hydrogens is 290 g/mol. The van der Waals surface area contributed by atoms with Crippen molar-refractivity contribution in [3.8, 4) is 0 Å². The number of hydrogen-bond donors (Lipinski definition) is 3. The van der Waals surface area contributed by atoms with E-state index >= 15 is 0 Å². The molecule has 0 radical (unpaired) electrons. The number of aliphatic hydroxyl groups is 1. The Morgan fingerprint density at radius 2 is 2.22 bits per heavy atom. The van der Waals surface area contributed by atoms with E-state index in [-0.39, 0.29) is 12.1 Å². The summed E-state index contributed by atoms with van der Waals surface area (Å²) in [6.45, 7) is 2.79. The average molecular weight is 315 g/mol. The molecule has 5 heteroatoms. The fourth-order valence-electron chi connectivity index (χ4n) is 3.17. The van der Waals surface area contributed by atoms with Crippen LogP contribution in [0.4, 0.5) is 0 Å². The number of fused-ring (bicyclic) bond motifs is 1. The van der Waals surface area contributed by atoms with Crippen LogP contribution in [0.5, 0.6) is 0 Å². The van der Waals surface area contributed by atoms with Gasteiger partial charge in [-0.2, -0.15) is 0 Å². The van der Waals surface area contributed by atoms with Crippen molar-refractivity contribution in [2.75, 3.05) is 13.6 Å². The molecule has 0 bridgehead atoms. The second-order valence-corrected chi connectivity index (χ2v) is 6.26. The Morgan fingerprint density at radius 1 is 1.39 bits per heavy atom. The summed E-state index contributed by atoms with van der Waals surface area (Å²) in [6.07, 6.45) is 2.90. The summed E-state index contributed by atoms with van der Waals surface area (Å²) in [5.41, 5.74) is 0.896. The molecule has 0 aliphatic heterocycles. The van der Waals surface area contributed by atoms with Gasteiger partial charge in [0.15, 0.2) is 5.96 Å². The highest BCUT2D eigenvalue weighted by Crippen LogP contribution is 2.25. The first kappa shape index (κ1) is 15.9. The molecule has 1 fully saturated rings. The molecule has 0 amide bonds. The summed E-state index contributed by atoms with van der Waals surface area (Å²) in [6, 6.07) is 10.1. The Kier molecular flexibility index (Phi) is 4.86. The maximum Gasteiger partial charge on any atom is 0.191 e. The van der Waals surface area contributed by atoms with Crippen LogP contribution < -0.4 is 10.6 Å². The van der Waals surface area contributed by atoms with Crippen LogP contribution in [0.2, 0.25) is 0 Å². The van der Waals surface area contributed by atoms with E-state index in [1.807, 2.05) is 24.3 Å². The molecule has 0 spiro atoms. The van der Waals surface area contributed by atoms with Crippen LogP contribution >= 0.6 is 0 Å². The number of benzene rings is 1. The number of aliphatic imine (C=N–C) groups is 1. The minimum atomic E-state index is -0.187. The molecule has 3 N–H and O–H groups in total. The van der Waals surface area contributed by atoms with E-state index in [9.17, 15) is 5.11 Å². The lowest BCUT2D eigenvalue weighted by atomic mass is 10.1. The third kappa shape index (κ3) is 3.67. The van der Waals surface area contributed by atoms with E-state index in [4.69, 9.17) is 4.42 Å². The van der Waals surface area contributed by atoms with Crippen molar-refractivity contribution in [2.24, 2.45) is 10.9 Å². The van der Waals surface area contributed by atoms with Gasteiger partial charge in [0.1, 0.15) is 11.3 Å². The molecule has 1 aliphatic carbocycles. The van der Waals surface area contributed by atoms with Gasteiger partial charge in [0.2, 0.25) is 0 Å². The first-order chi connectivity index (χ1) is 11.2. The summed E-state index contributed by atoms with van der Waals surface area (Å²) >= 11 is 0. The number of guanidine groups is 1. The number of rotatable bonds is 4. The Hall–Kier alpha value is -2.01. The van der Waals surface area contributed by atoms with Crippen LogP contribution in [0.1, 0.15) is 38.0 Å². The van der Waals surface area contributed by atoms with Crippen LogP contribution in [-0.4, -0.2) is 30.8 Å². The quantitative estimate of drug-likeness (QED) is 0.599. The molecule has 23 heavy (non-hydrogen) atoms. The van der Waals surface area contributed by atoms with Crippen molar-refractivity contribution < 1.29 is 9.52 Å². The normalized spacial score (nSPS) is 23.2. The summed E-state index contributed by atoms with van der Waals surface area (Å²) in [4.78, 5) is 4.26. The van der Waals surface area contributed by atoms with Gasteiger partial charge in [-0.3, -0.25) is 4.99 Å². The number of aliphatic hydroxyl groups excluding tert-OH is 1. The Morgan fingerprint density at radius 3 is 2.91 bits per heavy atom. The van der Waals surface area contributed by atoms with Crippen molar-refractivity contribution in [3.05, 3.63) is 36.1 Å². The van der Waals surface area contributed by atoms with E-state index < -0.39 is 0 Å². The Bertz CT molecular complexity index is 647. The first-order valence-corrected chi connectivity index (χ1v) is 8.31. The van der Waals surface area contributed by atoms with Crippen LogP contribution in [0, 0.1) is 5.92 Å². The van der Waals surface area contributed by atoms with Gasteiger partial charge in [-0.15, -0.1) is 0 Å². The molecule has 1 heterocycles. The summed E-state index contributed by atoms with van der Waals surface area (Å²) < 4.78 is 5.88. The maximum absolute atomic E-state index is 9.90. The Balaban J connectivity index is 1.59. The molecule has 3 atom stereocenters. The van der Waals surface area contributed by atoms with Crippen molar-refractivity contribution in [1.29, 1.82) is 0 Å². The van der Waals surface area contributed by atoms with E-state index in [0.29, 0.717) is 5.92 Å². The second-order valence-electron chi connectivity index (χ2n) is 6.26. The van der Waals surface area contributed by atoms with Gasteiger partial charge in [-0.25, -0.2) is 0 Å². The number of nitrogens with one attached hydrogen (secondary N) is 2. The molecular formula is C18H25N3O2. The predicted octanol–water partition coefficient (Wildman–Crippen LogP) is 2.82. The molecule has 0 saturated heterocycles. The lowest BCUT2D eigenvalue weighted by Crippen LogP contribution is -2.41. The van der Waals surface area contributed by atoms with Crippen molar-refractivity contribution in [1.82, 2.24) is 10.6 Å². The van der Waals surface area contributed by atoms with E-state index in [1.54, 1.807) is 7.05 Å². The van der Waals surface area contributed by atoms with E-state index in [1.165, 1.54) is 0 Å². The number of nitrogens with zero attached hydrogens (tertiary/aromatic N) is 1. The molecule has 1 aromatic carbocycles. The van der Waals surface area contributed by atoms with Crippen LogP contribution in [0.3, 0.4) is 0 Å². The maximum atomic E-state index is 9.90. The van der Waals surface area contributed by atoms with Crippen LogP contribution in [0.25, 0.3) is 11.0 Å². The Labute approximate surface area is 136 Å². The number of para-hydroxylation sites is 1. The molecule has 3 rings (SSSR count).